The number of benzene rings is 1. The van der Waals surface area contributed by atoms with Gasteiger partial charge in [0.2, 0.25) is 0 Å². The van der Waals surface area contributed by atoms with Crippen LogP contribution in [0, 0.1) is 17.3 Å². The highest BCUT2D eigenvalue weighted by atomic mass is 16.5. The first-order chi connectivity index (χ1) is 13.3. The molecule has 2 N–H and O–H groups in total. The van der Waals surface area contributed by atoms with E-state index in [1.807, 2.05) is 24.3 Å². The van der Waals surface area contributed by atoms with E-state index in [-0.39, 0.29) is 11.9 Å². The smallest absolute Gasteiger partial charge is 0.312 e. The highest BCUT2D eigenvalue weighted by Gasteiger charge is 2.61. The number of ether oxygens (including phenoxy) is 2. The second-order valence-corrected chi connectivity index (χ2v) is 9.08. The van der Waals surface area contributed by atoms with Crippen LogP contribution in [0.4, 0.5) is 0 Å². The maximum atomic E-state index is 13.0. The normalized spacial score (nSPS) is 34.0. The zero-order chi connectivity index (χ0) is 19.9. The predicted octanol–water partition coefficient (Wildman–Crippen LogP) is 2.57. The highest BCUT2D eigenvalue weighted by Crippen LogP contribution is 2.62. The SMILES string of the molecule is COc1ccc(CNC(=O)[C@@H](C)OC(=O)C23C[C@@H]4C[C@@H](CC(O)(C4)C2)C3)cc1. The topological polar surface area (TPSA) is 84.9 Å². The molecule has 4 bridgehead atoms. The van der Waals surface area contributed by atoms with E-state index in [1.165, 1.54) is 0 Å². The van der Waals surface area contributed by atoms with Crippen molar-refractivity contribution < 1.29 is 24.2 Å². The molecular weight excluding hydrogens is 358 g/mol. The number of carbonyl (C=O) groups is 2. The second-order valence-electron chi connectivity index (χ2n) is 9.08. The molecular formula is C22H29NO5. The Hall–Kier alpha value is -2.08. The molecule has 0 spiro atoms. The Morgan fingerprint density at radius 3 is 2.39 bits per heavy atom. The summed E-state index contributed by atoms with van der Waals surface area (Å²) in [6, 6.07) is 7.43. The molecule has 4 aliphatic carbocycles. The van der Waals surface area contributed by atoms with Gasteiger partial charge in [-0.1, -0.05) is 12.1 Å². The number of hydrogen-bond donors (Lipinski definition) is 2. The molecule has 1 amide bonds. The first kappa shape index (κ1) is 19.2. The summed E-state index contributed by atoms with van der Waals surface area (Å²) in [5.41, 5.74) is -0.386. The standard InChI is InChI=1S/C22H29NO5/c1-14(19(24)23-12-15-3-5-18(27-2)6-4-15)28-20(25)21-8-16-7-17(9-21)11-22(26,10-16)13-21/h3-6,14,16-17,26H,7-13H2,1-2H3,(H,23,24)/t14-,16-,17+,21?,22?/m1/s1. The van der Waals surface area contributed by atoms with Crippen LogP contribution in [-0.4, -0.2) is 35.8 Å². The largest absolute Gasteiger partial charge is 0.497 e. The molecule has 0 aliphatic heterocycles. The molecule has 0 aromatic heterocycles. The molecule has 4 aliphatic rings. The Balaban J connectivity index is 1.33. The molecule has 4 fully saturated rings. The molecule has 1 aromatic carbocycles. The third-order valence-electron chi connectivity index (χ3n) is 6.74. The van der Waals surface area contributed by atoms with E-state index >= 15 is 0 Å². The van der Waals surface area contributed by atoms with Crippen molar-refractivity contribution in [2.75, 3.05) is 7.11 Å². The molecule has 6 heteroatoms. The summed E-state index contributed by atoms with van der Waals surface area (Å²) in [6.07, 6.45) is 3.90. The number of nitrogens with one attached hydrogen (secondary N) is 1. The molecule has 0 radical (unpaired) electrons. The summed E-state index contributed by atoms with van der Waals surface area (Å²) in [7, 11) is 1.61. The third-order valence-corrected chi connectivity index (χ3v) is 6.74. The number of carbonyl (C=O) groups excluding carboxylic acids is 2. The monoisotopic (exact) mass is 387 g/mol. The highest BCUT2D eigenvalue weighted by molar-refractivity contribution is 5.85. The van der Waals surface area contributed by atoms with E-state index in [4.69, 9.17) is 9.47 Å². The van der Waals surface area contributed by atoms with Crippen LogP contribution < -0.4 is 10.1 Å². The minimum atomic E-state index is -0.853. The maximum absolute atomic E-state index is 13.0. The fraction of sp³-hybridized carbons (Fsp3) is 0.636. The lowest BCUT2D eigenvalue weighted by Crippen LogP contribution is -2.59. The van der Waals surface area contributed by atoms with Crippen molar-refractivity contribution >= 4 is 11.9 Å². The van der Waals surface area contributed by atoms with E-state index in [0.717, 1.165) is 43.4 Å². The summed E-state index contributed by atoms with van der Waals surface area (Å²) in [5, 5.41) is 13.6. The van der Waals surface area contributed by atoms with Gasteiger partial charge in [-0.25, -0.2) is 0 Å². The second kappa shape index (κ2) is 7.07. The quantitative estimate of drug-likeness (QED) is 0.733. The number of aliphatic hydroxyl groups is 1. The summed E-state index contributed by atoms with van der Waals surface area (Å²) < 4.78 is 10.7. The summed E-state index contributed by atoms with van der Waals surface area (Å²) in [6.45, 7) is 1.97. The fourth-order valence-corrected chi connectivity index (χ4v) is 5.87. The molecule has 4 saturated carbocycles. The van der Waals surface area contributed by atoms with Crippen molar-refractivity contribution in [2.24, 2.45) is 17.3 Å². The van der Waals surface area contributed by atoms with Gasteiger partial charge in [0.05, 0.1) is 18.1 Å². The van der Waals surface area contributed by atoms with Crippen LogP contribution in [-0.2, 0) is 20.9 Å². The lowest BCUT2D eigenvalue weighted by Gasteiger charge is -2.58. The third kappa shape index (κ3) is 3.62. The van der Waals surface area contributed by atoms with Gasteiger partial charge in [0.15, 0.2) is 6.10 Å². The minimum Gasteiger partial charge on any atom is -0.497 e. The Bertz CT molecular complexity index is 745. The van der Waals surface area contributed by atoms with Crippen molar-refractivity contribution in [3.8, 4) is 5.75 Å². The Morgan fingerprint density at radius 1 is 1.18 bits per heavy atom. The number of rotatable bonds is 6. The molecule has 2 unspecified atom stereocenters. The van der Waals surface area contributed by atoms with Crippen molar-refractivity contribution in [3.63, 3.8) is 0 Å². The van der Waals surface area contributed by atoms with Gasteiger partial charge in [0, 0.05) is 6.54 Å². The van der Waals surface area contributed by atoms with Crippen molar-refractivity contribution in [2.45, 2.75) is 63.7 Å². The van der Waals surface area contributed by atoms with Crippen LogP contribution in [0.1, 0.15) is 51.0 Å². The lowest BCUT2D eigenvalue weighted by atomic mass is 9.48. The van der Waals surface area contributed by atoms with Crippen molar-refractivity contribution in [3.05, 3.63) is 29.8 Å². The van der Waals surface area contributed by atoms with Gasteiger partial charge >= 0.3 is 5.97 Å². The zero-order valence-electron chi connectivity index (χ0n) is 16.6. The van der Waals surface area contributed by atoms with E-state index in [9.17, 15) is 14.7 Å². The van der Waals surface area contributed by atoms with E-state index in [2.05, 4.69) is 5.32 Å². The van der Waals surface area contributed by atoms with Crippen LogP contribution in [0.3, 0.4) is 0 Å². The van der Waals surface area contributed by atoms with Gasteiger partial charge in [-0.2, -0.15) is 0 Å². The summed E-state index contributed by atoms with van der Waals surface area (Å²) in [4.78, 5) is 25.4. The van der Waals surface area contributed by atoms with Crippen LogP contribution in [0.25, 0.3) is 0 Å². The van der Waals surface area contributed by atoms with E-state index < -0.39 is 17.1 Å². The van der Waals surface area contributed by atoms with Gasteiger partial charge in [0.25, 0.3) is 5.91 Å². The van der Waals surface area contributed by atoms with Crippen molar-refractivity contribution in [1.82, 2.24) is 5.32 Å². The lowest BCUT2D eigenvalue weighted by molar-refractivity contribution is -0.200. The molecule has 5 atom stereocenters. The van der Waals surface area contributed by atoms with Gasteiger partial charge < -0.3 is 19.9 Å². The number of amides is 1. The van der Waals surface area contributed by atoms with Crippen molar-refractivity contribution in [1.29, 1.82) is 0 Å². The number of hydrogen-bond acceptors (Lipinski definition) is 5. The van der Waals surface area contributed by atoms with Gasteiger partial charge in [-0.05, 0) is 75.0 Å². The van der Waals surface area contributed by atoms with Crippen LogP contribution >= 0.6 is 0 Å². The van der Waals surface area contributed by atoms with Gasteiger partial charge in [-0.3, -0.25) is 9.59 Å². The fourth-order valence-electron chi connectivity index (χ4n) is 5.87. The summed E-state index contributed by atoms with van der Waals surface area (Å²) >= 11 is 0. The molecule has 1 aromatic rings. The molecule has 28 heavy (non-hydrogen) atoms. The van der Waals surface area contributed by atoms with E-state index in [1.54, 1.807) is 14.0 Å². The molecule has 152 valence electrons. The van der Waals surface area contributed by atoms with E-state index in [0.29, 0.717) is 24.8 Å². The van der Waals surface area contributed by atoms with Gasteiger partial charge in [0.1, 0.15) is 5.75 Å². The summed E-state index contributed by atoms with van der Waals surface area (Å²) in [5.74, 6) is 0.936. The van der Waals surface area contributed by atoms with Gasteiger partial charge in [-0.15, -0.1) is 0 Å². The molecule has 5 rings (SSSR count). The van der Waals surface area contributed by atoms with Crippen LogP contribution in [0.2, 0.25) is 0 Å². The number of esters is 1. The Morgan fingerprint density at radius 2 is 1.82 bits per heavy atom. The Kier molecular flexibility index (Phi) is 4.86. The average Bonchev–Trinajstić information content (AvgIpc) is 2.64. The molecule has 0 heterocycles. The van der Waals surface area contributed by atoms with Crippen LogP contribution in [0.15, 0.2) is 24.3 Å². The Labute approximate surface area is 165 Å². The average molecular weight is 387 g/mol. The predicted molar refractivity (Wildman–Crippen MR) is 102 cm³/mol. The zero-order valence-corrected chi connectivity index (χ0v) is 16.6. The molecule has 6 nitrogen and oxygen atoms in total. The maximum Gasteiger partial charge on any atom is 0.312 e. The number of methoxy groups -OCH3 is 1. The molecule has 0 saturated heterocycles. The first-order valence-corrected chi connectivity index (χ1v) is 10.1. The minimum absolute atomic E-state index is 0.312. The first-order valence-electron chi connectivity index (χ1n) is 10.1. The van der Waals surface area contributed by atoms with Crippen LogP contribution in [0.5, 0.6) is 5.75 Å².